The van der Waals surface area contributed by atoms with Crippen LogP contribution in [0.25, 0.3) is 0 Å². The lowest BCUT2D eigenvalue weighted by Gasteiger charge is -2.17. The average Bonchev–Trinajstić information content (AvgIpc) is 3.06. The van der Waals surface area contributed by atoms with Gasteiger partial charge in [0.1, 0.15) is 5.75 Å². The van der Waals surface area contributed by atoms with Crippen molar-refractivity contribution in [1.29, 1.82) is 0 Å². The topological polar surface area (TPSA) is 66.8 Å². The third-order valence-corrected chi connectivity index (χ3v) is 4.47. The summed E-state index contributed by atoms with van der Waals surface area (Å²) in [6.07, 6.45) is -4.86. The molecule has 0 radical (unpaired) electrons. The van der Waals surface area contributed by atoms with Gasteiger partial charge in [-0.1, -0.05) is 36.4 Å². The summed E-state index contributed by atoms with van der Waals surface area (Å²) in [6.45, 7) is 0.155. The van der Waals surface area contributed by atoms with Gasteiger partial charge in [0.2, 0.25) is 0 Å². The van der Waals surface area contributed by atoms with Crippen LogP contribution in [0.15, 0.2) is 54.6 Å². The molecule has 0 spiro atoms. The number of hydrogen-bond acceptors (Lipinski definition) is 3. The van der Waals surface area contributed by atoms with Gasteiger partial charge >= 0.3 is 12.3 Å². The Labute approximate surface area is 153 Å². The summed E-state index contributed by atoms with van der Waals surface area (Å²) in [6, 6.07) is 13.7. The van der Waals surface area contributed by atoms with E-state index in [1.807, 2.05) is 6.07 Å². The van der Waals surface area contributed by atoms with E-state index in [2.05, 4.69) is 4.74 Å². The highest BCUT2D eigenvalue weighted by atomic mass is 19.4. The number of hydrogen-bond donors (Lipinski definition) is 1. The Morgan fingerprint density at radius 2 is 1.74 bits per heavy atom. The average molecular weight is 379 g/mol. The largest absolute Gasteiger partial charge is 0.573 e. The second kappa shape index (κ2) is 7.30. The zero-order valence-corrected chi connectivity index (χ0v) is 14.0. The number of carboxylic acid groups (broad SMARTS) is 1. The van der Waals surface area contributed by atoms with E-state index in [1.54, 1.807) is 24.3 Å². The first-order valence-corrected chi connectivity index (χ1v) is 8.17. The van der Waals surface area contributed by atoms with Crippen LogP contribution in [0.1, 0.15) is 21.8 Å². The highest BCUT2D eigenvalue weighted by molar-refractivity contribution is 5.95. The summed E-state index contributed by atoms with van der Waals surface area (Å²) >= 11 is 0. The molecule has 1 amide bonds. The van der Waals surface area contributed by atoms with Crippen molar-refractivity contribution in [2.24, 2.45) is 5.92 Å². The molecule has 0 unspecified atom stereocenters. The molecule has 1 aliphatic rings. The van der Waals surface area contributed by atoms with Gasteiger partial charge < -0.3 is 14.7 Å². The molecule has 3 rings (SSSR count). The molecule has 27 heavy (non-hydrogen) atoms. The minimum atomic E-state index is -4.86. The molecule has 1 N–H and O–H groups in total. The molecule has 0 bridgehead atoms. The van der Waals surface area contributed by atoms with Crippen LogP contribution in [0, 0.1) is 5.92 Å². The Kier molecular flexibility index (Phi) is 5.07. The van der Waals surface area contributed by atoms with Crippen molar-refractivity contribution in [2.75, 3.05) is 13.1 Å². The maximum absolute atomic E-state index is 12.7. The summed E-state index contributed by atoms with van der Waals surface area (Å²) in [4.78, 5) is 25.7. The Morgan fingerprint density at radius 3 is 2.37 bits per heavy atom. The Morgan fingerprint density at radius 1 is 1.04 bits per heavy atom. The van der Waals surface area contributed by atoms with Crippen LogP contribution < -0.4 is 4.74 Å². The lowest BCUT2D eigenvalue weighted by Crippen LogP contribution is -2.30. The first-order chi connectivity index (χ1) is 12.7. The van der Waals surface area contributed by atoms with E-state index in [0.29, 0.717) is 0 Å². The molecule has 1 aliphatic heterocycles. The van der Waals surface area contributed by atoms with Crippen LogP contribution in [0.5, 0.6) is 5.75 Å². The maximum atomic E-state index is 12.7. The van der Waals surface area contributed by atoms with E-state index >= 15 is 0 Å². The van der Waals surface area contributed by atoms with Crippen LogP contribution in [-0.2, 0) is 4.79 Å². The van der Waals surface area contributed by atoms with Crippen molar-refractivity contribution in [3.05, 3.63) is 65.7 Å². The number of carbonyl (C=O) groups is 2. The third-order valence-electron chi connectivity index (χ3n) is 4.47. The Hall–Kier alpha value is -3.03. The predicted octanol–water partition coefficient (Wildman–Crippen LogP) is 3.53. The SMILES string of the molecule is O=C(O)[C@@H]1CN(C(=O)c2cccc(OC(F)(F)F)c2)C[C@@H]1c1ccccc1. The summed E-state index contributed by atoms with van der Waals surface area (Å²) in [7, 11) is 0. The van der Waals surface area contributed by atoms with Gasteiger partial charge in [0.05, 0.1) is 5.92 Å². The van der Waals surface area contributed by atoms with Gasteiger partial charge in [-0.3, -0.25) is 9.59 Å². The minimum absolute atomic E-state index is 0.00889. The molecule has 5 nitrogen and oxygen atoms in total. The zero-order valence-electron chi connectivity index (χ0n) is 14.0. The normalized spacial score (nSPS) is 19.7. The summed E-state index contributed by atoms with van der Waals surface area (Å²) in [5.74, 6) is -3.23. The quantitative estimate of drug-likeness (QED) is 0.883. The second-order valence-corrected chi connectivity index (χ2v) is 6.25. The third kappa shape index (κ3) is 4.39. The van der Waals surface area contributed by atoms with Crippen molar-refractivity contribution in [3.63, 3.8) is 0 Å². The molecule has 1 fully saturated rings. The molecule has 1 saturated heterocycles. The van der Waals surface area contributed by atoms with Crippen LogP contribution in [0.4, 0.5) is 13.2 Å². The predicted molar refractivity (Wildman–Crippen MR) is 89.3 cm³/mol. The lowest BCUT2D eigenvalue weighted by molar-refractivity contribution is -0.274. The minimum Gasteiger partial charge on any atom is -0.481 e. The van der Waals surface area contributed by atoms with E-state index in [1.165, 1.54) is 17.0 Å². The maximum Gasteiger partial charge on any atom is 0.573 e. The highest BCUT2D eigenvalue weighted by Gasteiger charge is 2.40. The van der Waals surface area contributed by atoms with E-state index in [9.17, 15) is 27.9 Å². The van der Waals surface area contributed by atoms with E-state index < -0.39 is 29.9 Å². The number of aliphatic carboxylic acids is 1. The van der Waals surface area contributed by atoms with Crippen molar-refractivity contribution < 1.29 is 32.6 Å². The fourth-order valence-corrected chi connectivity index (χ4v) is 3.27. The molecule has 142 valence electrons. The number of benzene rings is 2. The molecule has 2 atom stereocenters. The molecule has 8 heteroatoms. The number of likely N-dealkylation sites (tertiary alicyclic amines) is 1. The van der Waals surface area contributed by atoms with E-state index in [0.717, 1.165) is 17.7 Å². The van der Waals surface area contributed by atoms with Crippen LogP contribution in [0.2, 0.25) is 0 Å². The van der Waals surface area contributed by atoms with Gasteiger partial charge in [-0.25, -0.2) is 0 Å². The zero-order chi connectivity index (χ0) is 19.6. The monoisotopic (exact) mass is 379 g/mol. The number of carbonyl (C=O) groups excluding carboxylic acids is 1. The van der Waals surface area contributed by atoms with Gasteiger partial charge in [-0.05, 0) is 23.8 Å². The molecule has 2 aromatic rings. The standard InChI is InChI=1S/C19H16F3NO4/c20-19(21,22)27-14-8-4-7-13(9-14)17(24)23-10-15(16(11-23)18(25)26)12-5-2-1-3-6-12/h1-9,15-16H,10-11H2,(H,25,26)/t15-,16-/m1/s1. The number of carboxylic acids is 1. The van der Waals surface area contributed by atoms with Crippen molar-refractivity contribution in [1.82, 2.24) is 4.90 Å². The fraction of sp³-hybridized carbons (Fsp3) is 0.263. The first-order valence-electron chi connectivity index (χ1n) is 8.17. The lowest BCUT2D eigenvalue weighted by atomic mass is 9.89. The molecule has 0 aromatic heterocycles. The Bertz CT molecular complexity index is 838. The van der Waals surface area contributed by atoms with Crippen LogP contribution >= 0.6 is 0 Å². The Balaban J connectivity index is 1.81. The number of nitrogens with zero attached hydrogens (tertiary/aromatic N) is 1. The van der Waals surface area contributed by atoms with Crippen LogP contribution in [0.3, 0.4) is 0 Å². The summed E-state index contributed by atoms with van der Waals surface area (Å²) < 4.78 is 41.0. The molecule has 0 aliphatic carbocycles. The first kappa shape index (κ1) is 18.8. The number of alkyl halides is 3. The van der Waals surface area contributed by atoms with Crippen molar-refractivity contribution >= 4 is 11.9 Å². The van der Waals surface area contributed by atoms with E-state index in [4.69, 9.17) is 0 Å². The van der Waals surface area contributed by atoms with E-state index in [-0.39, 0.29) is 24.6 Å². The molecule has 0 saturated carbocycles. The highest BCUT2D eigenvalue weighted by Crippen LogP contribution is 2.34. The number of halogens is 3. The second-order valence-electron chi connectivity index (χ2n) is 6.25. The molecular weight excluding hydrogens is 363 g/mol. The van der Waals surface area contributed by atoms with Crippen molar-refractivity contribution in [3.8, 4) is 5.75 Å². The van der Waals surface area contributed by atoms with Gasteiger partial charge in [0.25, 0.3) is 5.91 Å². The summed E-state index contributed by atoms with van der Waals surface area (Å²) in [5.41, 5.74) is 0.809. The molecule has 2 aromatic carbocycles. The number of rotatable bonds is 4. The van der Waals surface area contributed by atoms with Crippen LogP contribution in [-0.4, -0.2) is 41.3 Å². The van der Waals surface area contributed by atoms with Gasteiger partial charge in [0.15, 0.2) is 0 Å². The molecular formula is C19H16F3NO4. The van der Waals surface area contributed by atoms with Crippen molar-refractivity contribution in [2.45, 2.75) is 12.3 Å². The molecule has 1 heterocycles. The fourth-order valence-electron chi connectivity index (χ4n) is 3.27. The van der Waals surface area contributed by atoms with Gasteiger partial charge in [0, 0.05) is 24.6 Å². The number of amides is 1. The number of ether oxygens (including phenoxy) is 1. The van der Waals surface area contributed by atoms with Gasteiger partial charge in [-0.2, -0.15) is 0 Å². The van der Waals surface area contributed by atoms with Gasteiger partial charge in [-0.15, -0.1) is 13.2 Å². The smallest absolute Gasteiger partial charge is 0.481 e. The summed E-state index contributed by atoms with van der Waals surface area (Å²) in [5, 5.41) is 9.50.